The third-order valence-electron chi connectivity index (χ3n) is 5.21. The number of benzene rings is 4. The van der Waals surface area contributed by atoms with Crippen molar-refractivity contribution in [2.24, 2.45) is 0 Å². The number of aromatic nitrogens is 1. The smallest absolute Gasteiger partial charge is 0.259 e. The van der Waals surface area contributed by atoms with Crippen LogP contribution in [0.1, 0.15) is 10.4 Å². The lowest BCUT2D eigenvalue weighted by Gasteiger charge is -2.16. The molecular formula is C25H15BrCl2N2O2S. The molecule has 0 aliphatic heterocycles. The van der Waals surface area contributed by atoms with Crippen LogP contribution in [0.2, 0.25) is 10.0 Å². The maximum atomic E-state index is 13.5. The van der Waals surface area contributed by atoms with Crippen molar-refractivity contribution in [3.63, 3.8) is 0 Å². The summed E-state index contributed by atoms with van der Waals surface area (Å²) in [4.78, 5) is 18.2. The molecule has 0 saturated heterocycles. The van der Waals surface area contributed by atoms with Gasteiger partial charge in [-0.15, -0.1) is 11.3 Å². The molecule has 1 N–H and O–H groups in total. The van der Waals surface area contributed by atoms with Gasteiger partial charge in [-0.25, -0.2) is 4.98 Å². The van der Waals surface area contributed by atoms with Gasteiger partial charge in [-0.05, 0) is 57.0 Å². The summed E-state index contributed by atoms with van der Waals surface area (Å²) in [6.07, 6.45) is 0. The summed E-state index contributed by atoms with van der Waals surface area (Å²) in [5.41, 5.74) is 2.34. The Morgan fingerprint density at radius 1 is 1.06 bits per heavy atom. The summed E-state index contributed by atoms with van der Waals surface area (Å²) in [5, 5.41) is 6.31. The van der Waals surface area contributed by atoms with Crippen LogP contribution in [-0.2, 0) is 0 Å². The SMILES string of the molecule is COc1c(C(=O)Nc2c(Cl)cc(Cl)cc2-c2nc3ccccc3s2)cc2ccccc2c1Br. The molecule has 0 atom stereocenters. The van der Waals surface area contributed by atoms with Crippen LogP contribution in [0.3, 0.4) is 0 Å². The number of hydrogen-bond acceptors (Lipinski definition) is 4. The Hall–Kier alpha value is -2.64. The first-order valence-electron chi connectivity index (χ1n) is 9.88. The summed E-state index contributed by atoms with van der Waals surface area (Å²) >= 11 is 18.0. The van der Waals surface area contributed by atoms with E-state index in [-0.39, 0.29) is 5.91 Å². The molecule has 8 heteroatoms. The van der Waals surface area contributed by atoms with E-state index in [4.69, 9.17) is 32.9 Å². The first-order valence-corrected chi connectivity index (χ1v) is 12.2. The summed E-state index contributed by atoms with van der Waals surface area (Å²) in [6, 6.07) is 20.8. The number of rotatable bonds is 4. The van der Waals surface area contributed by atoms with Gasteiger partial charge in [-0.2, -0.15) is 0 Å². The van der Waals surface area contributed by atoms with E-state index in [1.54, 1.807) is 18.2 Å². The molecule has 4 nitrogen and oxygen atoms in total. The summed E-state index contributed by atoms with van der Waals surface area (Å²) < 4.78 is 7.31. The van der Waals surface area contributed by atoms with E-state index in [1.165, 1.54) is 18.4 Å². The van der Waals surface area contributed by atoms with Crippen molar-refractivity contribution < 1.29 is 9.53 Å². The number of hydrogen-bond donors (Lipinski definition) is 1. The van der Waals surface area contributed by atoms with Gasteiger partial charge in [-0.3, -0.25) is 4.79 Å². The molecule has 0 spiro atoms. The topological polar surface area (TPSA) is 51.2 Å². The number of anilines is 1. The molecule has 164 valence electrons. The number of carbonyl (C=O) groups is 1. The second-order valence-corrected chi connectivity index (χ2v) is 9.91. The van der Waals surface area contributed by atoms with Crippen LogP contribution in [0.5, 0.6) is 5.75 Å². The molecule has 1 amide bonds. The Morgan fingerprint density at radius 2 is 1.82 bits per heavy atom. The number of thiazole rings is 1. The number of carbonyl (C=O) groups excluding carboxylic acids is 1. The fraction of sp³-hybridized carbons (Fsp3) is 0.0400. The molecule has 1 aromatic heterocycles. The number of para-hydroxylation sites is 1. The predicted molar refractivity (Wildman–Crippen MR) is 141 cm³/mol. The van der Waals surface area contributed by atoms with Crippen LogP contribution in [0.15, 0.2) is 71.2 Å². The largest absolute Gasteiger partial charge is 0.495 e. The van der Waals surface area contributed by atoms with Crippen molar-refractivity contribution in [2.45, 2.75) is 0 Å². The minimum Gasteiger partial charge on any atom is -0.495 e. The zero-order valence-electron chi connectivity index (χ0n) is 17.2. The molecule has 33 heavy (non-hydrogen) atoms. The highest BCUT2D eigenvalue weighted by molar-refractivity contribution is 9.10. The molecule has 1 heterocycles. The number of methoxy groups -OCH3 is 1. The van der Waals surface area contributed by atoms with Gasteiger partial charge in [0.05, 0.1) is 38.1 Å². The Balaban J connectivity index is 1.62. The fourth-order valence-electron chi connectivity index (χ4n) is 3.69. The van der Waals surface area contributed by atoms with Crippen molar-refractivity contribution in [2.75, 3.05) is 12.4 Å². The number of amides is 1. The maximum Gasteiger partial charge on any atom is 0.259 e. The normalized spacial score (nSPS) is 11.2. The molecule has 5 aromatic rings. The van der Waals surface area contributed by atoms with E-state index in [9.17, 15) is 4.79 Å². The van der Waals surface area contributed by atoms with Crippen LogP contribution < -0.4 is 10.1 Å². The molecule has 0 radical (unpaired) electrons. The van der Waals surface area contributed by atoms with E-state index < -0.39 is 0 Å². The average Bonchev–Trinajstić information content (AvgIpc) is 3.24. The maximum absolute atomic E-state index is 13.5. The monoisotopic (exact) mass is 556 g/mol. The van der Waals surface area contributed by atoms with E-state index in [2.05, 4.69) is 21.2 Å². The van der Waals surface area contributed by atoms with Crippen molar-refractivity contribution in [3.05, 3.63) is 86.8 Å². The Morgan fingerprint density at radius 3 is 2.61 bits per heavy atom. The highest BCUT2D eigenvalue weighted by Crippen LogP contribution is 2.42. The van der Waals surface area contributed by atoms with Crippen molar-refractivity contribution >= 4 is 83.1 Å². The quantitative estimate of drug-likeness (QED) is 0.241. The molecule has 0 aliphatic carbocycles. The molecule has 4 aromatic carbocycles. The number of fused-ring (bicyclic) bond motifs is 2. The van der Waals surface area contributed by atoms with Gasteiger partial charge >= 0.3 is 0 Å². The van der Waals surface area contributed by atoms with E-state index >= 15 is 0 Å². The van der Waals surface area contributed by atoms with Crippen LogP contribution in [0.4, 0.5) is 5.69 Å². The van der Waals surface area contributed by atoms with Gasteiger partial charge in [0.25, 0.3) is 5.91 Å². The standard InChI is InChI=1S/C25H15BrCl2N2O2S/c1-32-23-17(10-13-6-2-3-7-15(13)21(23)26)24(31)30-22-16(11-14(27)12-18(22)28)25-29-19-8-4-5-9-20(19)33-25/h2-12H,1H3,(H,30,31). The summed E-state index contributed by atoms with van der Waals surface area (Å²) in [7, 11) is 1.54. The summed E-state index contributed by atoms with van der Waals surface area (Å²) in [5.74, 6) is 0.0858. The van der Waals surface area contributed by atoms with E-state index in [1.807, 2.05) is 48.5 Å². The molecule has 0 saturated carbocycles. The van der Waals surface area contributed by atoms with E-state index in [0.29, 0.717) is 42.1 Å². The first-order chi connectivity index (χ1) is 16.0. The molecule has 0 aliphatic rings. The lowest BCUT2D eigenvalue weighted by Crippen LogP contribution is -2.14. The van der Waals surface area contributed by atoms with Gasteiger partial charge < -0.3 is 10.1 Å². The second-order valence-electron chi connectivity index (χ2n) is 7.24. The van der Waals surface area contributed by atoms with Gasteiger partial charge in [-0.1, -0.05) is 59.6 Å². The lowest BCUT2D eigenvalue weighted by molar-refractivity contribution is 0.102. The van der Waals surface area contributed by atoms with Crippen molar-refractivity contribution in [1.82, 2.24) is 4.98 Å². The highest BCUT2D eigenvalue weighted by Gasteiger charge is 2.22. The van der Waals surface area contributed by atoms with Crippen molar-refractivity contribution in [1.29, 1.82) is 0 Å². The van der Waals surface area contributed by atoms with Crippen LogP contribution in [0.25, 0.3) is 31.6 Å². The average molecular weight is 558 g/mol. The molecule has 0 unspecified atom stereocenters. The van der Waals surface area contributed by atoms with Gasteiger partial charge in [0.2, 0.25) is 0 Å². The molecule has 0 bridgehead atoms. The highest BCUT2D eigenvalue weighted by atomic mass is 79.9. The summed E-state index contributed by atoms with van der Waals surface area (Å²) in [6.45, 7) is 0. The molecule has 0 fully saturated rings. The Labute approximate surface area is 212 Å². The lowest BCUT2D eigenvalue weighted by atomic mass is 10.0. The number of halogens is 3. The number of ether oxygens (including phenoxy) is 1. The Kier molecular flexibility index (Phi) is 6.01. The van der Waals surface area contributed by atoms with Crippen LogP contribution >= 0.6 is 50.5 Å². The third kappa shape index (κ3) is 4.08. The Bertz CT molecular complexity index is 1520. The minimum absolute atomic E-state index is 0.323. The molecular weight excluding hydrogens is 543 g/mol. The van der Waals surface area contributed by atoms with Crippen molar-refractivity contribution in [3.8, 4) is 16.3 Å². The van der Waals surface area contributed by atoms with E-state index in [0.717, 1.165) is 21.0 Å². The fourth-order valence-corrected chi connectivity index (χ4v) is 5.96. The zero-order chi connectivity index (χ0) is 23.1. The zero-order valence-corrected chi connectivity index (χ0v) is 21.1. The third-order valence-corrected chi connectivity index (χ3v) is 7.58. The van der Waals surface area contributed by atoms with Gasteiger partial charge in [0.1, 0.15) is 10.8 Å². The second kappa shape index (κ2) is 8.95. The number of nitrogens with one attached hydrogen (secondary N) is 1. The van der Waals surface area contributed by atoms with Gasteiger partial charge in [0, 0.05) is 10.6 Å². The van der Waals surface area contributed by atoms with Crippen LogP contribution in [0, 0.1) is 0 Å². The molecule has 5 rings (SSSR count). The van der Waals surface area contributed by atoms with Crippen LogP contribution in [-0.4, -0.2) is 18.0 Å². The first kappa shape index (κ1) is 22.2. The number of nitrogens with zero attached hydrogens (tertiary/aromatic N) is 1. The minimum atomic E-state index is -0.357. The predicted octanol–water partition coefficient (Wildman–Crippen LogP) is 8.45. The van der Waals surface area contributed by atoms with Gasteiger partial charge in [0.15, 0.2) is 0 Å².